The number of ether oxygens (including phenoxy) is 1. The third kappa shape index (κ3) is 1.44. The molecule has 1 heterocycles. The number of esters is 1. The summed E-state index contributed by atoms with van der Waals surface area (Å²) in [6, 6.07) is 0. The van der Waals surface area contributed by atoms with E-state index in [1.165, 1.54) is 0 Å². The molecule has 0 aromatic carbocycles. The molecule has 1 saturated heterocycles. The van der Waals surface area contributed by atoms with Crippen molar-refractivity contribution in [3.63, 3.8) is 0 Å². The minimum Gasteiger partial charge on any atom is -0.459 e. The standard InChI is InChI=1S/C15H24O4/c1-8-4-5-11(16)14(3)7-6-10-9(2)13(17)19-12(10)15(8,14)18/h8-12,16,18H,4-7H2,1-3H3/t8-,9-,10-,11-,12-,14+,15+/m0/s1. The molecule has 3 aliphatic rings. The van der Waals surface area contributed by atoms with Gasteiger partial charge in [0, 0.05) is 11.3 Å². The topological polar surface area (TPSA) is 66.8 Å². The summed E-state index contributed by atoms with van der Waals surface area (Å²) < 4.78 is 5.53. The first-order valence-corrected chi connectivity index (χ1v) is 7.43. The predicted octanol–water partition coefficient (Wildman–Crippen LogP) is 1.49. The van der Waals surface area contributed by atoms with Crippen LogP contribution in [0.3, 0.4) is 0 Å². The fourth-order valence-electron chi connectivity index (χ4n) is 4.79. The number of rotatable bonds is 0. The average molecular weight is 268 g/mol. The molecular formula is C15H24O4. The highest BCUT2D eigenvalue weighted by molar-refractivity contribution is 5.75. The number of hydrogen-bond donors (Lipinski definition) is 2. The second-order valence-corrected chi connectivity index (χ2v) is 7.09. The lowest BCUT2D eigenvalue weighted by molar-refractivity contribution is -0.262. The molecule has 0 radical (unpaired) electrons. The molecule has 7 atom stereocenters. The third-order valence-corrected chi connectivity index (χ3v) is 6.35. The van der Waals surface area contributed by atoms with Gasteiger partial charge in [0.1, 0.15) is 11.7 Å². The van der Waals surface area contributed by atoms with Gasteiger partial charge in [-0.3, -0.25) is 4.79 Å². The van der Waals surface area contributed by atoms with Gasteiger partial charge in [-0.2, -0.15) is 0 Å². The molecular weight excluding hydrogens is 244 g/mol. The second kappa shape index (κ2) is 3.95. The molecule has 2 saturated carbocycles. The third-order valence-electron chi connectivity index (χ3n) is 6.35. The van der Waals surface area contributed by atoms with E-state index in [4.69, 9.17) is 4.74 Å². The Bertz CT molecular complexity index is 409. The molecule has 0 aromatic heterocycles. The Kier molecular flexibility index (Phi) is 2.78. The van der Waals surface area contributed by atoms with Gasteiger partial charge in [0.25, 0.3) is 0 Å². The van der Waals surface area contributed by atoms with Gasteiger partial charge in [-0.1, -0.05) is 20.8 Å². The monoisotopic (exact) mass is 268 g/mol. The number of aliphatic hydroxyl groups is 2. The van der Waals surface area contributed by atoms with E-state index in [1.807, 2.05) is 20.8 Å². The van der Waals surface area contributed by atoms with Crippen LogP contribution in [0.5, 0.6) is 0 Å². The largest absolute Gasteiger partial charge is 0.459 e. The molecule has 2 aliphatic carbocycles. The molecule has 19 heavy (non-hydrogen) atoms. The molecule has 0 amide bonds. The first-order valence-electron chi connectivity index (χ1n) is 7.43. The van der Waals surface area contributed by atoms with Crippen molar-refractivity contribution in [3.8, 4) is 0 Å². The van der Waals surface area contributed by atoms with Crippen LogP contribution in [-0.4, -0.2) is 34.0 Å². The number of carbonyl (C=O) groups is 1. The predicted molar refractivity (Wildman–Crippen MR) is 69.2 cm³/mol. The molecule has 108 valence electrons. The maximum absolute atomic E-state index is 11.9. The minimum atomic E-state index is -1.09. The van der Waals surface area contributed by atoms with Gasteiger partial charge >= 0.3 is 5.97 Å². The lowest BCUT2D eigenvalue weighted by atomic mass is 9.49. The SMILES string of the molecule is C[C@@H]1C(=O)O[C@H]2[C@H]1CC[C@]1(C)[C@@H](O)CC[C@H](C)[C@@]21O. The highest BCUT2D eigenvalue weighted by atomic mass is 16.6. The Morgan fingerprint density at radius 1 is 1.26 bits per heavy atom. The van der Waals surface area contributed by atoms with Crippen LogP contribution in [0, 0.1) is 23.2 Å². The molecule has 3 fully saturated rings. The Labute approximate surface area is 114 Å². The second-order valence-electron chi connectivity index (χ2n) is 7.09. The number of aliphatic hydroxyl groups excluding tert-OH is 1. The highest BCUT2D eigenvalue weighted by Gasteiger charge is 2.68. The maximum atomic E-state index is 11.9. The molecule has 0 aromatic rings. The van der Waals surface area contributed by atoms with Gasteiger partial charge < -0.3 is 14.9 Å². The quantitative estimate of drug-likeness (QED) is 0.653. The van der Waals surface area contributed by atoms with E-state index in [9.17, 15) is 15.0 Å². The fraction of sp³-hybridized carbons (Fsp3) is 0.933. The Morgan fingerprint density at radius 2 is 1.95 bits per heavy atom. The van der Waals surface area contributed by atoms with Crippen LogP contribution < -0.4 is 0 Å². The van der Waals surface area contributed by atoms with Gasteiger partial charge in [0.2, 0.25) is 0 Å². The smallest absolute Gasteiger partial charge is 0.309 e. The van der Waals surface area contributed by atoms with Crippen LogP contribution in [-0.2, 0) is 9.53 Å². The van der Waals surface area contributed by atoms with Crippen LogP contribution in [0.15, 0.2) is 0 Å². The summed E-state index contributed by atoms with van der Waals surface area (Å²) in [6.07, 6.45) is 2.16. The Balaban J connectivity index is 2.05. The van der Waals surface area contributed by atoms with Gasteiger partial charge in [0.15, 0.2) is 0 Å². The summed E-state index contributed by atoms with van der Waals surface area (Å²) in [6.45, 7) is 5.87. The van der Waals surface area contributed by atoms with E-state index in [0.29, 0.717) is 0 Å². The number of hydrogen-bond acceptors (Lipinski definition) is 4. The molecule has 4 nitrogen and oxygen atoms in total. The first kappa shape index (κ1) is 13.4. The van der Waals surface area contributed by atoms with Crippen molar-refractivity contribution in [2.75, 3.05) is 0 Å². The normalized spacial score (nSPS) is 57.3. The van der Waals surface area contributed by atoms with Crippen molar-refractivity contribution in [1.29, 1.82) is 0 Å². The lowest BCUT2D eigenvalue weighted by Crippen LogP contribution is -2.69. The summed E-state index contributed by atoms with van der Waals surface area (Å²) in [7, 11) is 0. The van der Waals surface area contributed by atoms with Crippen LogP contribution >= 0.6 is 0 Å². The molecule has 0 unspecified atom stereocenters. The zero-order valence-corrected chi connectivity index (χ0v) is 11.9. The summed E-state index contributed by atoms with van der Waals surface area (Å²) in [5, 5.41) is 21.8. The van der Waals surface area contributed by atoms with Crippen LogP contribution in [0.4, 0.5) is 0 Å². The van der Waals surface area contributed by atoms with Crippen molar-refractivity contribution < 1.29 is 19.7 Å². The molecule has 0 spiro atoms. The lowest BCUT2D eigenvalue weighted by Gasteiger charge is -2.60. The zero-order chi connectivity index (χ0) is 14.0. The van der Waals surface area contributed by atoms with Crippen LogP contribution in [0.2, 0.25) is 0 Å². The van der Waals surface area contributed by atoms with Gasteiger partial charge in [-0.15, -0.1) is 0 Å². The average Bonchev–Trinajstić information content (AvgIpc) is 2.66. The van der Waals surface area contributed by atoms with Gasteiger partial charge in [0.05, 0.1) is 12.0 Å². The number of fused-ring (bicyclic) bond motifs is 3. The number of carbonyl (C=O) groups excluding carboxylic acids is 1. The summed E-state index contributed by atoms with van der Waals surface area (Å²) in [4.78, 5) is 11.9. The van der Waals surface area contributed by atoms with E-state index in [1.54, 1.807) is 0 Å². The van der Waals surface area contributed by atoms with Gasteiger partial charge in [-0.05, 0) is 31.6 Å². The van der Waals surface area contributed by atoms with E-state index >= 15 is 0 Å². The fourth-order valence-corrected chi connectivity index (χ4v) is 4.79. The molecule has 2 N–H and O–H groups in total. The van der Waals surface area contributed by atoms with E-state index in [0.717, 1.165) is 25.7 Å². The van der Waals surface area contributed by atoms with Crippen molar-refractivity contribution in [1.82, 2.24) is 0 Å². The molecule has 3 rings (SSSR count). The minimum absolute atomic E-state index is 0.0480. The van der Waals surface area contributed by atoms with Crippen LogP contribution in [0.1, 0.15) is 46.5 Å². The van der Waals surface area contributed by atoms with Crippen molar-refractivity contribution in [2.45, 2.75) is 64.3 Å². The van der Waals surface area contributed by atoms with E-state index in [-0.39, 0.29) is 23.7 Å². The van der Waals surface area contributed by atoms with E-state index in [2.05, 4.69) is 0 Å². The Morgan fingerprint density at radius 3 is 2.63 bits per heavy atom. The van der Waals surface area contributed by atoms with Gasteiger partial charge in [-0.25, -0.2) is 0 Å². The first-order chi connectivity index (χ1) is 8.82. The van der Waals surface area contributed by atoms with Crippen molar-refractivity contribution in [3.05, 3.63) is 0 Å². The summed E-state index contributed by atoms with van der Waals surface area (Å²) in [5.74, 6) is -0.185. The molecule has 4 heteroatoms. The zero-order valence-electron chi connectivity index (χ0n) is 11.9. The summed E-state index contributed by atoms with van der Waals surface area (Å²) in [5.41, 5.74) is -1.65. The Hall–Kier alpha value is -0.610. The van der Waals surface area contributed by atoms with Crippen LogP contribution in [0.25, 0.3) is 0 Å². The highest BCUT2D eigenvalue weighted by Crippen LogP contribution is 2.60. The van der Waals surface area contributed by atoms with Crippen molar-refractivity contribution in [2.24, 2.45) is 23.2 Å². The molecule has 0 bridgehead atoms. The maximum Gasteiger partial charge on any atom is 0.309 e. The van der Waals surface area contributed by atoms with Crippen molar-refractivity contribution >= 4 is 5.97 Å². The molecule has 1 aliphatic heterocycles. The summed E-state index contributed by atoms with van der Waals surface area (Å²) >= 11 is 0. The van der Waals surface area contributed by atoms with E-state index < -0.39 is 23.2 Å².